The maximum Gasteiger partial charge on any atom is 0.251 e. The van der Waals surface area contributed by atoms with E-state index in [0.717, 1.165) is 12.1 Å². The van der Waals surface area contributed by atoms with E-state index in [-0.39, 0.29) is 17.9 Å². The van der Waals surface area contributed by atoms with Gasteiger partial charge in [-0.05, 0) is 36.2 Å². The summed E-state index contributed by atoms with van der Waals surface area (Å²) in [6, 6.07) is 7.04. The lowest BCUT2D eigenvalue weighted by Crippen LogP contribution is -2.23. The first-order valence-electron chi connectivity index (χ1n) is 5.95. The predicted octanol–water partition coefficient (Wildman–Crippen LogP) is 3.34. The van der Waals surface area contributed by atoms with Gasteiger partial charge in [0.1, 0.15) is 17.5 Å². The molecule has 0 aliphatic heterocycles. The third-order valence-corrected chi connectivity index (χ3v) is 2.80. The molecule has 0 aromatic heterocycles. The second kappa shape index (κ2) is 5.77. The van der Waals surface area contributed by atoms with Crippen LogP contribution in [0.25, 0.3) is 0 Å². The number of halogens is 3. The largest absolute Gasteiger partial charge is 0.348 e. The average molecular weight is 279 g/mol. The highest BCUT2D eigenvalue weighted by atomic mass is 19.1. The summed E-state index contributed by atoms with van der Waals surface area (Å²) in [6.45, 7) is 1.76. The number of carbonyl (C=O) groups is 1. The Morgan fingerprint density at radius 2 is 1.70 bits per heavy atom. The average Bonchev–Trinajstić information content (AvgIpc) is 2.38. The van der Waals surface area contributed by atoms with Crippen LogP contribution >= 0.6 is 0 Å². The van der Waals surface area contributed by atoms with Crippen LogP contribution in [0.15, 0.2) is 36.4 Å². The molecule has 0 spiro atoms. The summed E-state index contributed by atoms with van der Waals surface area (Å²) in [5.41, 5.74) is 1.07. The number of carbonyl (C=O) groups excluding carboxylic acids is 1. The van der Waals surface area contributed by atoms with E-state index in [4.69, 9.17) is 0 Å². The predicted molar refractivity (Wildman–Crippen MR) is 68.7 cm³/mol. The van der Waals surface area contributed by atoms with Crippen LogP contribution in [0.3, 0.4) is 0 Å². The smallest absolute Gasteiger partial charge is 0.251 e. The molecule has 0 aliphatic carbocycles. The molecule has 1 N–H and O–H groups in total. The number of hydrogen-bond acceptors (Lipinski definition) is 1. The Morgan fingerprint density at radius 3 is 2.30 bits per heavy atom. The van der Waals surface area contributed by atoms with Crippen LogP contribution < -0.4 is 5.32 Å². The molecule has 0 aliphatic rings. The lowest BCUT2D eigenvalue weighted by Gasteiger charge is -2.07. The van der Waals surface area contributed by atoms with Crippen LogP contribution in [-0.2, 0) is 6.54 Å². The number of rotatable bonds is 3. The van der Waals surface area contributed by atoms with Gasteiger partial charge in [0.25, 0.3) is 5.91 Å². The second-order valence-electron chi connectivity index (χ2n) is 4.42. The normalized spacial score (nSPS) is 10.4. The highest BCUT2D eigenvalue weighted by Crippen LogP contribution is 2.10. The Kier molecular flexibility index (Phi) is 4.08. The molecule has 20 heavy (non-hydrogen) atoms. The molecule has 0 heterocycles. The zero-order valence-electron chi connectivity index (χ0n) is 10.7. The molecule has 0 saturated heterocycles. The maximum absolute atomic E-state index is 13.1. The molecule has 0 bridgehead atoms. The van der Waals surface area contributed by atoms with Crippen molar-refractivity contribution < 1.29 is 18.0 Å². The van der Waals surface area contributed by atoms with E-state index in [1.165, 1.54) is 12.1 Å². The molecule has 0 unspecified atom stereocenters. The Balaban J connectivity index is 2.06. The minimum absolute atomic E-state index is 0.0960. The molecule has 0 radical (unpaired) electrons. The number of amides is 1. The first-order chi connectivity index (χ1) is 9.45. The molecule has 1 amide bonds. The van der Waals surface area contributed by atoms with Crippen LogP contribution in [0.2, 0.25) is 0 Å². The van der Waals surface area contributed by atoms with Gasteiger partial charge in [-0.2, -0.15) is 0 Å². The van der Waals surface area contributed by atoms with Crippen molar-refractivity contribution in [3.05, 3.63) is 70.5 Å². The van der Waals surface area contributed by atoms with Crippen LogP contribution in [0.4, 0.5) is 13.2 Å². The van der Waals surface area contributed by atoms with Crippen LogP contribution in [0, 0.1) is 24.4 Å². The summed E-state index contributed by atoms with van der Waals surface area (Å²) in [5, 5.41) is 2.52. The van der Waals surface area contributed by atoms with Gasteiger partial charge in [0, 0.05) is 18.2 Å². The highest BCUT2D eigenvalue weighted by Gasteiger charge is 2.09. The molecule has 2 aromatic rings. The van der Waals surface area contributed by atoms with Gasteiger partial charge in [-0.1, -0.05) is 12.1 Å². The third-order valence-electron chi connectivity index (χ3n) is 2.80. The van der Waals surface area contributed by atoms with E-state index in [9.17, 15) is 18.0 Å². The van der Waals surface area contributed by atoms with E-state index in [1.54, 1.807) is 13.0 Å². The Bertz CT molecular complexity index is 635. The van der Waals surface area contributed by atoms with Gasteiger partial charge in [0.05, 0.1) is 0 Å². The van der Waals surface area contributed by atoms with Crippen molar-refractivity contribution >= 4 is 5.91 Å². The Morgan fingerprint density at radius 1 is 1.05 bits per heavy atom. The Labute approximate surface area is 114 Å². The number of aryl methyl sites for hydroxylation is 1. The van der Waals surface area contributed by atoms with E-state index in [1.807, 2.05) is 0 Å². The van der Waals surface area contributed by atoms with Gasteiger partial charge >= 0.3 is 0 Å². The van der Waals surface area contributed by atoms with Crippen LogP contribution in [0.5, 0.6) is 0 Å². The summed E-state index contributed by atoms with van der Waals surface area (Å²) in [6.07, 6.45) is 0. The minimum Gasteiger partial charge on any atom is -0.348 e. The van der Waals surface area contributed by atoms with Gasteiger partial charge < -0.3 is 5.32 Å². The number of nitrogens with one attached hydrogen (secondary N) is 1. The summed E-state index contributed by atoms with van der Waals surface area (Å²) in [4.78, 5) is 11.8. The van der Waals surface area contributed by atoms with E-state index in [2.05, 4.69) is 5.32 Å². The second-order valence-corrected chi connectivity index (χ2v) is 4.42. The standard InChI is InChI=1S/C15H12F3NO/c1-9-4-10(2-3-14(9)18)8-19-15(20)11-5-12(16)7-13(17)6-11/h2-7H,8H2,1H3,(H,19,20). The molecule has 2 rings (SSSR count). The molecule has 5 heteroatoms. The molecule has 2 aromatic carbocycles. The quantitative estimate of drug-likeness (QED) is 0.917. The zero-order chi connectivity index (χ0) is 14.7. The van der Waals surface area contributed by atoms with Crippen molar-refractivity contribution in [2.45, 2.75) is 13.5 Å². The van der Waals surface area contributed by atoms with Crippen molar-refractivity contribution in [2.24, 2.45) is 0 Å². The fourth-order valence-corrected chi connectivity index (χ4v) is 1.79. The van der Waals surface area contributed by atoms with Gasteiger partial charge in [-0.15, -0.1) is 0 Å². The topological polar surface area (TPSA) is 29.1 Å². The van der Waals surface area contributed by atoms with E-state index >= 15 is 0 Å². The van der Waals surface area contributed by atoms with Gasteiger partial charge in [-0.25, -0.2) is 13.2 Å². The summed E-state index contributed by atoms with van der Waals surface area (Å²) in [5.74, 6) is -2.54. The lowest BCUT2D eigenvalue weighted by molar-refractivity contribution is 0.0950. The monoisotopic (exact) mass is 279 g/mol. The summed E-state index contributed by atoms with van der Waals surface area (Å²) in [7, 11) is 0. The molecular weight excluding hydrogens is 267 g/mol. The van der Waals surface area contributed by atoms with Gasteiger partial charge in [-0.3, -0.25) is 4.79 Å². The zero-order valence-corrected chi connectivity index (χ0v) is 10.7. The number of benzene rings is 2. The fourth-order valence-electron chi connectivity index (χ4n) is 1.79. The van der Waals surface area contributed by atoms with Crippen molar-refractivity contribution in [1.82, 2.24) is 5.32 Å². The van der Waals surface area contributed by atoms with Crippen molar-refractivity contribution in [3.63, 3.8) is 0 Å². The first-order valence-corrected chi connectivity index (χ1v) is 5.95. The molecule has 0 saturated carbocycles. The van der Waals surface area contributed by atoms with E-state index in [0.29, 0.717) is 17.2 Å². The van der Waals surface area contributed by atoms with Crippen molar-refractivity contribution in [3.8, 4) is 0 Å². The van der Waals surface area contributed by atoms with Crippen LogP contribution in [-0.4, -0.2) is 5.91 Å². The SMILES string of the molecule is Cc1cc(CNC(=O)c2cc(F)cc(F)c2)ccc1F. The lowest BCUT2D eigenvalue weighted by atomic mass is 10.1. The highest BCUT2D eigenvalue weighted by molar-refractivity contribution is 5.94. The molecule has 0 atom stereocenters. The third kappa shape index (κ3) is 3.38. The van der Waals surface area contributed by atoms with Crippen molar-refractivity contribution in [1.29, 1.82) is 0 Å². The van der Waals surface area contributed by atoms with Gasteiger partial charge in [0.15, 0.2) is 0 Å². The molecule has 104 valence electrons. The molecule has 2 nitrogen and oxygen atoms in total. The van der Waals surface area contributed by atoms with Gasteiger partial charge in [0.2, 0.25) is 0 Å². The maximum atomic E-state index is 13.1. The van der Waals surface area contributed by atoms with Crippen LogP contribution in [0.1, 0.15) is 21.5 Å². The summed E-state index contributed by atoms with van der Waals surface area (Å²) < 4.78 is 39.1. The van der Waals surface area contributed by atoms with Crippen molar-refractivity contribution in [2.75, 3.05) is 0 Å². The summed E-state index contributed by atoms with van der Waals surface area (Å²) >= 11 is 0. The molecular formula is C15H12F3NO. The molecule has 0 fully saturated rings. The fraction of sp³-hybridized carbons (Fsp3) is 0.133. The number of hydrogen-bond donors (Lipinski definition) is 1. The minimum atomic E-state index is -0.812. The van der Waals surface area contributed by atoms with E-state index < -0.39 is 17.5 Å². The first kappa shape index (κ1) is 14.1. The Hall–Kier alpha value is -2.30.